The lowest BCUT2D eigenvalue weighted by Gasteiger charge is -2.33. The molecule has 1 aliphatic heterocycles. The summed E-state index contributed by atoms with van der Waals surface area (Å²) in [4.78, 5) is 24.8. The maximum atomic E-state index is 12.8. The number of hydrogen-bond acceptors (Lipinski definition) is 7. The van der Waals surface area contributed by atoms with Crippen LogP contribution in [0.4, 0.5) is 18.9 Å². The van der Waals surface area contributed by atoms with Gasteiger partial charge in [-0.25, -0.2) is 0 Å². The number of nitro benzene ring substituents is 1. The van der Waals surface area contributed by atoms with Gasteiger partial charge in [0, 0.05) is 25.7 Å². The Morgan fingerprint density at radius 3 is 2.59 bits per heavy atom. The van der Waals surface area contributed by atoms with E-state index in [0.29, 0.717) is 38.1 Å². The summed E-state index contributed by atoms with van der Waals surface area (Å²) in [5, 5.41) is 14.0. The van der Waals surface area contributed by atoms with E-state index in [2.05, 4.69) is 10.2 Å². The van der Waals surface area contributed by atoms with E-state index in [9.17, 15) is 28.1 Å². The van der Waals surface area contributed by atoms with Crippen LogP contribution in [0.15, 0.2) is 39.6 Å². The Balaban J connectivity index is 1.63. The van der Waals surface area contributed by atoms with Crippen molar-refractivity contribution in [3.05, 3.63) is 57.5 Å². The topological polar surface area (TPSA) is 97.8 Å². The normalized spacial score (nSPS) is 16.0. The van der Waals surface area contributed by atoms with Crippen LogP contribution in [-0.4, -0.2) is 54.3 Å². The molecule has 174 valence electrons. The summed E-state index contributed by atoms with van der Waals surface area (Å²) in [7, 11) is 0. The predicted octanol–water partition coefficient (Wildman–Crippen LogP) is 3.80. The van der Waals surface area contributed by atoms with Crippen LogP contribution in [-0.2, 0) is 15.7 Å². The third kappa shape index (κ3) is 6.24. The Labute approximate surface area is 186 Å². The molecule has 1 amide bonds. The summed E-state index contributed by atoms with van der Waals surface area (Å²) in [6.45, 7) is 4.56. The van der Waals surface area contributed by atoms with Gasteiger partial charge in [0.25, 0.3) is 5.69 Å². The number of nitrogens with one attached hydrogen (secondary N) is 1. The van der Waals surface area contributed by atoms with Gasteiger partial charge in [-0.05, 0) is 31.2 Å². The van der Waals surface area contributed by atoms with Gasteiger partial charge in [-0.3, -0.25) is 19.8 Å². The number of benzene rings is 1. The zero-order chi connectivity index (χ0) is 23.3. The minimum atomic E-state index is -4.69. The number of amides is 1. The van der Waals surface area contributed by atoms with E-state index in [-0.39, 0.29) is 23.2 Å². The highest BCUT2D eigenvalue weighted by Gasteiger charge is 2.33. The number of nitrogens with zero attached hydrogens (tertiary/aromatic N) is 2. The molecule has 3 rings (SSSR count). The molecule has 2 heterocycles. The number of alkyl halides is 3. The molecular weight excluding hydrogens is 451 g/mol. The lowest BCUT2D eigenvalue weighted by molar-refractivity contribution is -0.388. The van der Waals surface area contributed by atoms with E-state index in [1.54, 1.807) is 0 Å². The SMILES string of the molecule is Cc1ccc(C(CNC(=O)CSc2ccc(C(F)(F)F)cc2[N+](=O)[O-])N2CCOCC2)o1. The number of hydrogen-bond donors (Lipinski definition) is 1. The monoisotopic (exact) mass is 473 g/mol. The van der Waals surface area contributed by atoms with Crippen LogP contribution in [0.25, 0.3) is 0 Å². The van der Waals surface area contributed by atoms with Crippen molar-refractivity contribution in [2.75, 3.05) is 38.6 Å². The molecule has 1 atom stereocenters. The van der Waals surface area contributed by atoms with Crippen molar-refractivity contribution in [2.45, 2.75) is 24.0 Å². The second-order valence-electron chi connectivity index (χ2n) is 7.14. The quantitative estimate of drug-likeness (QED) is 0.354. The fourth-order valence-corrected chi connectivity index (χ4v) is 4.13. The highest BCUT2D eigenvalue weighted by atomic mass is 32.2. The Hall–Kier alpha value is -2.57. The molecule has 1 fully saturated rings. The van der Waals surface area contributed by atoms with Crippen molar-refractivity contribution in [1.82, 2.24) is 10.2 Å². The lowest BCUT2D eigenvalue weighted by atomic mass is 10.1. The fourth-order valence-electron chi connectivity index (χ4n) is 3.29. The van der Waals surface area contributed by atoms with Gasteiger partial charge in [0.2, 0.25) is 5.91 Å². The number of thioether (sulfide) groups is 1. The van der Waals surface area contributed by atoms with E-state index in [1.807, 2.05) is 19.1 Å². The summed E-state index contributed by atoms with van der Waals surface area (Å²) < 4.78 is 49.6. The summed E-state index contributed by atoms with van der Waals surface area (Å²) in [6, 6.07) is 5.74. The second kappa shape index (κ2) is 10.4. The van der Waals surface area contributed by atoms with Gasteiger partial charge in [-0.1, -0.05) is 0 Å². The first-order chi connectivity index (χ1) is 15.1. The van der Waals surface area contributed by atoms with Crippen molar-refractivity contribution in [3.8, 4) is 0 Å². The number of carbonyl (C=O) groups is 1. The third-order valence-electron chi connectivity index (χ3n) is 4.91. The standard InChI is InChI=1S/C20H22F3N3O5S/c1-13-2-4-17(31-13)16(25-6-8-30-9-7-25)11-24-19(27)12-32-18-5-3-14(20(21,22)23)10-15(18)26(28)29/h2-5,10,16H,6-9,11-12H2,1H3,(H,24,27). The van der Waals surface area contributed by atoms with Crippen LogP contribution < -0.4 is 5.32 Å². The molecule has 0 bridgehead atoms. The Morgan fingerprint density at radius 1 is 1.28 bits per heavy atom. The minimum absolute atomic E-state index is 0.00969. The number of aryl methyl sites for hydroxylation is 1. The number of morpholine rings is 1. The van der Waals surface area contributed by atoms with Crippen LogP contribution in [0.1, 0.15) is 23.1 Å². The lowest BCUT2D eigenvalue weighted by Crippen LogP contribution is -2.44. The molecule has 1 aromatic carbocycles. The zero-order valence-electron chi connectivity index (χ0n) is 17.2. The van der Waals surface area contributed by atoms with Crippen molar-refractivity contribution in [2.24, 2.45) is 0 Å². The number of ether oxygens (including phenoxy) is 1. The molecule has 0 spiro atoms. The summed E-state index contributed by atoms with van der Waals surface area (Å²) in [5.74, 6) is 0.871. The Bertz CT molecular complexity index is 960. The maximum Gasteiger partial charge on any atom is 0.416 e. The molecular formula is C20H22F3N3O5S. The molecule has 32 heavy (non-hydrogen) atoms. The highest BCUT2D eigenvalue weighted by molar-refractivity contribution is 8.00. The Morgan fingerprint density at radius 2 is 2.00 bits per heavy atom. The van der Waals surface area contributed by atoms with Crippen molar-refractivity contribution >= 4 is 23.4 Å². The van der Waals surface area contributed by atoms with Gasteiger partial charge in [-0.2, -0.15) is 13.2 Å². The van der Waals surface area contributed by atoms with Gasteiger partial charge in [-0.15, -0.1) is 11.8 Å². The van der Waals surface area contributed by atoms with E-state index >= 15 is 0 Å². The van der Waals surface area contributed by atoms with E-state index in [0.717, 1.165) is 29.7 Å². The molecule has 0 saturated carbocycles. The smallest absolute Gasteiger partial charge is 0.416 e. The van der Waals surface area contributed by atoms with Crippen molar-refractivity contribution in [3.63, 3.8) is 0 Å². The first-order valence-corrected chi connectivity index (χ1v) is 10.8. The van der Waals surface area contributed by atoms with Crippen LogP contribution in [0.2, 0.25) is 0 Å². The molecule has 0 radical (unpaired) electrons. The molecule has 1 saturated heterocycles. The first kappa shape index (κ1) is 24.1. The van der Waals surface area contributed by atoms with E-state index < -0.39 is 28.3 Å². The fraction of sp³-hybridized carbons (Fsp3) is 0.450. The van der Waals surface area contributed by atoms with Gasteiger partial charge < -0.3 is 14.5 Å². The largest absolute Gasteiger partial charge is 0.465 e. The molecule has 1 aliphatic rings. The van der Waals surface area contributed by atoms with Crippen LogP contribution in [0, 0.1) is 17.0 Å². The molecule has 1 N–H and O–H groups in total. The summed E-state index contributed by atoms with van der Waals surface area (Å²) >= 11 is 0.812. The van der Waals surface area contributed by atoms with Crippen molar-refractivity contribution < 1.29 is 32.0 Å². The average Bonchev–Trinajstić information content (AvgIpc) is 3.18. The maximum absolute atomic E-state index is 12.8. The number of halogens is 3. The van der Waals surface area contributed by atoms with Gasteiger partial charge in [0.05, 0.1) is 40.4 Å². The van der Waals surface area contributed by atoms with Crippen molar-refractivity contribution in [1.29, 1.82) is 0 Å². The predicted molar refractivity (Wildman–Crippen MR) is 110 cm³/mol. The first-order valence-electron chi connectivity index (χ1n) is 9.78. The van der Waals surface area contributed by atoms with Gasteiger partial charge in [0.1, 0.15) is 11.5 Å². The van der Waals surface area contributed by atoms with E-state index in [4.69, 9.17) is 9.15 Å². The third-order valence-corrected chi connectivity index (χ3v) is 5.97. The highest BCUT2D eigenvalue weighted by Crippen LogP contribution is 2.36. The van der Waals surface area contributed by atoms with Crippen LogP contribution in [0.3, 0.4) is 0 Å². The van der Waals surface area contributed by atoms with Gasteiger partial charge in [0.15, 0.2) is 0 Å². The van der Waals surface area contributed by atoms with Crippen LogP contribution in [0.5, 0.6) is 0 Å². The average molecular weight is 473 g/mol. The van der Waals surface area contributed by atoms with Crippen LogP contribution >= 0.6 is 11.8 Å². The molecule has 2 aromatic rings. The summed E-state index contributed by atoms with van der Waals surface area (Å²) in [6.07, 6.45) is -4.69. The number of carbonyl (C=O) groups excluding carboxylic acids is 1. The molecule has 1 aromatic heterocycles. The zero-order valence-corrected chi connectivity index (χ0v) is 18.0. The number of furan rings is 1. The number of rotatable bonds is 8. The molecule has 1 unspecified atom stereocenters. The van der Waals surface area contributed by atoms with E-state index in [1.165, 1.54) is 0 Å². The molecule has 12 heteroatoms. The minimum Gasteiger partial charge on any atom is -0.465 e. The second-order valence-corrected chi connectivity index (χ2v) is 8.16. The summed E-state index contributed by atoms with van der Waals surface area (Å²) in [5.41, 5.74) is -1.80. The molecule has 0 aliphatic carbocycles. The Kier molecular flexibility index (Phi) is 7.80. The number of nitro groups is 1. The van der Waals surface area contributed by atoms with Gasteiger partial charge >= 0.3 is 6.18 Å². The molecule has 8 nitrogen and oxygen atoms in total.